The minimum absolute atomic E-state index is 0.263. The van der Waals surface area contributed by atoms with Crippen LogP contribution < -0.4 is 16.4 Å². The Morgan fingerprint density at radius 3 is 2.31 bits per heavy atom. The molecule has 0 aliphatic carbocycles. The van der Waals surface area contributed by atoms with Gasteiger partial charge in [0.2, 0.25) is 0 Å². The summed E-state index contributed by atoms with van der Waals surface area (Å²) >= 11 is 0. The third-order valence-electron chi connectivity index (χ3n) is 5.39. The molecule has 2 heterocycles. The summed E-state index contributed by atoms with van der Waals surface area (Å²) < 4.78 is 0. The van der Waals surface area contributed by atoms with Crippen LogP contribution in [0.25, 0.3) is 21.9 Å². The number of benzene rings is 2. The second-order valence-electron chi connectivity index (χ2n) is 7.72. The molecule has 0 unspecified atom stereocenters. The van der Waals surface area contributed by atoms with Crippen LogP contribution in [0.4, 0.5) is 17.2 Å². The number of nitrogen functional groups attached to an aromatic ring is 1. The van der Waals surface area contributed by atoms with Crippen molar-refractivity contribution >= 4 is 39.8 Å². The van der Waals surface area contributed by atoms with Crippen LogP contribution in [-0.4, -0.2) is 21.8 Å². The largest absolute Gasteiger partial charge is 0.398 e. The van der Waals surface area contributed by atoms with Crippen molar-refractivity contribution in [3.8, 4) is 11.1 Å². The lowest BCUT2D eigenvalue weighted by Crippen LogP contribution is -2.30. The molecule has 0 aliphatic heterocycles. The van der Waals surface area contributed by atoms with E-state index in [9.17, 15) is 9.59 Å². The van der Waals surface area contributed by atoms with Crippen LogP contribution in [-0.2, 0) is 9.59 Å². The molecule has 7 nitrogen and oxygen atoms in total. The Kier molecular flexibility index (Phi) is 5.55. The molecule has 0 radical (unpaired) electrons. The van der Waals surface area contributed by atoms with Gasteiger partial charge in [0, 0.05) is 40.9 Å². The van der Waals surface area contributed by atoms with Crippen LogP contribution in [0.5, 0.6) is 0 Å². The molecule has 0 saturated carbocycles. The van der Waals surface area contributed by atoms with E-state index in [2.05, 4.69) is 20.6 Å². The van der Waals surface area contributed by atoms with Crippen molar-refractivity contribution in [3.05, 3.63) is 77.7 Å². The molecule has 4 aromatic rings. The topological polar surface area (TPSA) is 110 Å². The molecule has 2 amide bonds. The Morgan fingerprint density at radius 1 is 0.875 bits per heavy atom. The fraction of sp³-hybridized carbons (Fsp3) is 0.120. The summed E-state index contributed by atoms with van der Waals surface area (Å²) in [6.07, 6.45) is 5.12. The van der Waals surface area contributed by atoms with Crippen molar-refractivity contribution in [2.45, 2.75) is 20.8 Å². The average Bonchev–Trinajstić information content (AvgIpc) is 2.76. The fourth-order valence-corrected chi connectivity index (χ4v) is 3.63. The summed E-state index contributed by atoms with van der Waals surface area (Å²) in [6.45, 7) is 5.75. The molecular formula is C25H23N5O2. The maximum Gasteiger partial charge on any atom is 0.315 e. The van der Waals surface area contributed by atoms with Crippen molar-refractivity contribution in [2.24, 2.45) is 0 Å². The summed E-state index contributed by atoms with van der Waals surface area (Å²) in [5, 5.41) is 6.80. The smallest absolute Gasteiger partial charge is 0.315 e. The molecule has 0 fully saturated rings. The number of carbonyl (C=O) groups is 2. The van der Waals surface area contributed by atoms with E-state index in [1.54, 1.807) is 24.7 Å². The second kappa shape index (κ2) is 8.47. The molecule has 0 aliphatic rings. The number of pyridine rings is 2. The van der Waals surface area contributed by atoms with Gasteiger partial charge in [0.25, 0.3) is 0 Å². The van der Waals surface area contributed by atoms with E-state index >= 15 is 0 Å². The first kappa shape index (κ1) is 21.0. The number of anilines is 3. The molecule has 160 valence electrons. The maximum atomic E-state index is 12.5. The number of aromatic nitrogens is 2. The Labute approximate surface area is 185 Å². The third-order valence-corrected chi connectivity index (χ3v) is 5.39. The molecule has 2 aromatic heterocycles. The Morgan fingerprint density at radius 2 is 1.59 bits per heavy atom. The first-order valence-electron chi connectivity index (χ1n) is 10.1. The molecule has 7 heteroatoms. The monoisotopic (exact) mass is 425 g/mol. The minimum Gasteiger partial charge on any atom is -0.398 e. The lowest BCUT2D eigenvalue weighted by molar-refractivity contribution is -0.133. The molecule has 0 atom stereocenters. The van der Waals surface area contributed by atoms with Gasteiger partial charge in [-0.2, -0.15) is 0 Å². The van der Waals surface area contributed by atoms with Gasteiger partial charge in [0.15, 0.2) is 0 Å². The van der Waals surface area contributed by atoms with Crippen molar-refractivity contribution < 1.29 is 9.59 Å². The van der Waals surface area contributed by atoms with Gasteiger partial charge in [-0.05, 0) is 72.7 Å². The predicted octanol–water partition coefficient (Wildman–Crippen LogP) is 4.38. The van der Waals surface area contributed by atoms with E-state index in [-0.39, 0.29) is 5.82 Å². The normalized spacial score (nSPS) is 10.7. The lowest BCUT2D eigenvalue weighted by atomic mass is 9.99. The second-order valence-corrected chi connectivity index (χ2v) is 7.72. The highest BCUT2D eigenvalue weighted by Gasteiger charge is 2.17. The van der Waals surface area contributed by atoms with Gasteiger partial charge in [0.1, 0.15) is 5.82 Å². The van der Waals surface area contributed by atoms with E-state index in [0.29, 0.717) is 11.4 Å². The number of fused-ring (bicyclic) bond motifs is 1. The quantitative estimate of drug-likeness (QED) is 0.333. The van der Waals surface area contributed by atoms with Gasteiger partial charge in [-0.3, -0.25) is 14.6 Å². The van der Waals surface area contributed by atoms with Gasteiger partial charge >= 0.3 is 11.8 Å². The molecule has 0 bridgehead atoms. The summed E-state index contributed by atoms with van der Waals surface area (Å²) in [5.74, 6) is -1.30. The van der Waals surface area contributed by atoms with Crippen molar-refractivity contribution in [2.75, 3.05) is 16.4 Å². The molecule has 4 N–H and O–H groups in total. The summed E-state index contributed by atoms with van der Waals surface area (Å²) in [7, 11) is 0. The van der Waals surface area contributed by atoms with Crippen molar-refractivity contribution in [1.82, 2.24) is 9.97 Å². The minimum atomic E-state index is -0.799. The molecule has 32 heavy (non-hydrogen) atoms. The molecule has 0 spiro atoms. The highest BCUT2D eigenvalue weighted by Crippen LogP contribution is 2.31. The van der Waals surface area contributed by atoms with Crippen molar-refractivity contribution in [1.29, 1.82) is 0 Å². The number of nitrogens with one attached hydrogen (secondary N) is 2. The van der Waals surface area contributed by atoms with Crippen molar-refractivity contribution in [3.63, 3.8) is 0 Å². The molecule has 2 aromatic carbocycles. The van der Waals surface area contributed by atoms with Gasteiger partial charge in [-0.25, -0.2) is 4.98 Å². The molecular weight excluding hydrogens is 402 g/mol. The predicted molar refractivity (Wildman–Crippen MR) is 127 cm³/mol. The van der Waals surface area contributed by atoms with E-state index in [0.717, 1.165) is 38.6 Å². The number of nitrogens with zero attached hydrogens (tertiary/aromatic N) is 2. The zero-order valence-corrected chi connectivity index (χ0v) is 18.1. The zero-order valence-electron chi connectivity index (χ0n) is 18.1. The number of hydrogen-bond donors (Lipinski definition) is 3. The van der Waals surface area contributed by atoms with E-state index in [4.69, 9.17) is 5.73 Å². The van der Waals surface area contributed by atoms with Crippen LogP contribution in [0.15, 0.2) is 61.1 Å². The Balaban J connectivity index is 1.60. The van der Waals surface area contributed by atoms with Crippen LogP contribution >= 0.6 is 0 Å². The number of amides is 2. The Hall–Kier alpha value is -4.26. The highest BCUT2D eigenvalue weighted by atomic mass is 16.2. The van der Waals surface area contributed by atoms with Crippen LogP contribution in [0.1, 0.15) is 16.7 Å². The highest BCUT2D eigenvalue weighted by molar-refractivity contribution is 6.43. The fourth-order valence-electron chi connectivity index (χ4n) is 3.63. The molecule has 4 rings (SSSR count). The average molecular weight is 425 g/mol. The molecule has 0 saturated heterocycles. The first-order valence-corrected chi connectivity index (χ1v) is 10.1. The Bertz CT molecular complexity index is 1340. The van der Waals surface area contributed by atoms with Crippen LogP contribution in [0.3, 0.4) is 0 Å². The zero-order chi connectivity index (χ0) is 22.8. The number of rotatable bonds is 3. The van der Waals surface area contributed by atoms with Gasteiger partial charge in [0.05, 0.1) is 0 Å². The maximum absolute atomic E-state index is 12.5. The van der Waals surface area contributed by atoms with E-state index < -0.39 is 11.8 Å². The number of aryl methyl sites for hydroxylation is 3. The number of hydrogen-bond acceptors (Lipinski definition) is 5. The summed E-state index contributed by atoms with van der Waals surface area (Å²) in [4.78, 5) is 33.4. The SMILES string of the molecule is Cc1ccncc1-c1cc(N)c2cnc(NC(=O)C(=O)Nc3c(C)cccc3C)cc2c1. The number of para-hydroxylation sites is 1. The van der Waals surface area contributed by atoms with Gasteiger partial charge in [-0.1, -0.05) is 18.2 Å². The number of carbonyl (C=O) groups excluding carboxylic acids is 2. The summed E-state index contributed by atoms with van der Waals surface area (Å²) in [5.41, 5.74) is 12.2. The number of nitrogens with two attached hydrogens (primary N) is 1. The lowest BCUT2D eigenvalue weighted by Gasteiger charge is -2.12. The van der Waals surface area contributed by atoms with E-state index in [1.165, 1.54) is 0 Å². The van der Waals surface area contributed by atoms with Crippen LogP contribution in [0.2, 0.25) is 0 Å². The third kappa shape index (κ3) is 4.13. The standard InChI is InChI=1S/C25H23N5O2/c1-14-7-8-27-12-19(14)17-9-18-11-22(28-13-20(18)21(26)10-17)29-24(31)25(32)30-23-15(2)5-4-6-16(23)3/h4-13H,26H2,1-3H3,(H,30,32)(H,28,29,31). The van der Waals surface area contributed by atoms with Gasteiger partial charge in [-0.15, -0.1) is 0 Å². The first-order chi connectivity index (χ1) is 15.3. The summed E-state index contributed by atoms with van der Waals surface area (Å²) in [6, 6.07) is 13.1. The van der Waals surface area contributed by atoms with Gasteiger partial charge < -0.3 is 16.4 Å². The van der Waals surface area contributed by atoms with Crippen LogP contribution in [0, 0.1) is 20.8 Å². The van der Waals surface area contributed by atoms with E-state index in [1.807, 2.05) is 57.2 Å².